The predicted octanol–water partition coefficient (Wildman–Crippen LogP) is 3.95. The number of carbonyl (C=O) groups excluding carboxylic acids is 2. The van der Waals surface area contributed by atoms with E-state index in [1.54, 1.807) is 36.9 Å². The number of ether oxygens (including phenoxy) is 3. The third-order valence-electron chi connectivity index (χ3n) is 7.83. The molecule has 3 amide bonds. The van der Waals surface area contributed by atoms with Crippen LogP contribution in [-0.4, -0.2) is 77.7 Å². The summed E-state index contributed by atoms with van der Waals surface area (Å²) in [6.07, 6.45) is -0.202. The average molecular weight is 594 g/mol. The number of amides is 3. The molecule has 2 aliphatic heterocycles. The highest BCUT2D eigenvalue weighted by atomic mass is 16.7. The number of likely N-dealkylation sites (N-methyl/N-ethyl adjacent to an activating group) is 1. The minimum absolute atomic E-state index is 0.0401. The smallest absolute Gasteiger partial charge is 0.323 e. The van der Waals surface area contributed by atoms with Gasteiger partial charge in [-0.1, -0.05) is 18.1 Å². The van der Waals surface area contributed by atoms with Crippen molar-refractivity contribution >= 4 is 23.3 Å². The van der Waals surface area contributed by atoms with Crippen LogP contribution < -0.4 is 24.8 Å². The Bertz CT molecular complexity index is 1460. The molecule has 230 valence electrons. The van der Waals surface area contributed by atoms with Crippen molar-refractivity contribution in [1.29, 1.82) is 0 Å². The lowest BCUT2D eigenvalue weighted by molar-refractivity contribution is -0.134. The van der Waals surface area contributed by atoms with Crippen LogP contribution in [0.25, 0.3) is 0 Å². The largest absolute Gasteiger partial charge is 0.488 e. The molecule has 12 nitrogen and oxygen atoms in total. The summed E-state index contributed by atoms with van der Waals surface area (Å²) in [4.78, 5) is 30.2. The maximum Gasteiger partial charge on any atom is 0.323 e. The van der Waals surface area contributed by atoms with Gasteiger partial charge in [-0.25, -0.2) is 4.79 Å². The van der Waals surface area contributed by atoms with Crippen molar-refractivity contribution in [1.82, 2.24) is 15.0 Å². The zero-order valence-corrected chi connectivity index (χ0v) is 25.2. The number of benzene rings is 2. The van der Waals surface area contributed by atoms with Gasteiger partial charge in [0.25, 0.3) is 0 Å². The molecule has 0 unspecified atom stereocenters. The van der Waals surface area contributed by atoms with E-state index in [-0.39, 0.29) is 43.8 Å². The first kappa shape index (κ1) is 30.2. The highest BCUT2D eigenvalue weighted by Crippen LogP contribution is 2.33. The lowest BCUT2D eigenvalue weighted by Gasteiger charge is -2.34. The summed E-state index contributed by atoms with van der Waals surface area (Å²) in [5, 5.41) is 19.4. The average Bonchev–Trinajstić information content (AvgIpc) is 3.57. The SMILES string of the molecule is Cc1noc(C)c1NC(=O)Nc1ccc2c(c1)CC(=O)N([C@H](C)CO)C[C@H](C)[C@@H](CN(C)Cc1ccc3c(c1)OCO3)O2. The van der Waals surface area contributed by atoms with Crippen LogP contribution in [0, 0.1) is 19.8 Å². The second-order valence-electron chi connectivity index (χ2n) is 11.4. The van der Waals surface area contributed by atoms with Gasteiger partial charge in [0.2, 0.25) is 12.7 Å². The molecule has 3 aromatic rings. The summed E-state index contributed by atoms with van der Waals surface area (Å²) in [5.74, 6) is 2.41. The number of nitrogens with zero attached hydrogens (tertiary/aromatic N) is 3. The number of carbonyl (C=O) groups is 2. The van der Waals surface area contributed by atoms with Crippen LogP contribution in [0.1, 0.15) is 36.4 Å². The highest BCUT2D eigenvalue weighted by molar-refractivity contribution is 6.00. The van der Waals surface area contributed by atoms with Gasteiger partial charge in [-0.15, -0.1) is 0 Å². The maximum absolute atomic E-state index is 13.5. The molecule has 1 aromatic heterocycles. The van der Waals surface area contributed by atoms with E-state index >= 15 is 0 Å². The van der Waals surface area contributed by atoms with E-state index in [9.17, 15) is 14.7 Å². The molecule has 0 saturated carbocycles. The van der Waals surface area contributed by atoms with Crippen molar-refractivity contribution in [2.45, 2.75) is 52.8 Å². The molecular formula is C31H39N5O7. The Balaban J connectivity index is 1.36. The van der Waals surface area contributed by atoms with Crippen LogP contribution >= 0.6 is 0 Å². The van der Waals surface area contributed by atoms with Crippen molar-refractivity contribution in [3.63, 3.8) is 0 Å². The number of anilines is 2. The van der Waals surface area contributed by atoms with Crippen molar-refractivity contribution in [3.8, 4) is 17.2 Å². The van der Waals surface area contributed by atoms with Gasteiger partial charge in [-0.05, 0) is 63.7 Å². The van der Waals surface area contributed by atoms with Crippen LogP contribution in [0.5, 0.6) is 17.2 Å². The van der Waals surface area contributed by atoms with E-state index in [1.807, 2.05) is 32.2 Å². The minimum atomic E-state index is -0.461. The number of fused-ring (bicyclic) bond motifs is 2. The van der Waals surface area contributed by atoms with Gasteiger partial charge >= 0.3 is 6.03 Å². The lowest BCUT2D eigenvalue weighted by atomic mass is 10.0. The molecule has 0 fully saturated rings. The first-order valence-corrected chi connectivity index (χ1v) is 14.4. The molecule has 0 saturated heterocycles. The summed E-state index contributed by atoms with van der Waals surface area (Å²) in [5.41, 5.74) is 3.31. The van der Waals surface area contributed by atoms with Gasteiger partial charge in [-0.2, -0.15) is 0 Å². The van der Waals surface area contributed by atoms with E-state index in [0.717, 1.165) is 17.1 Å². The standard InChI is InChI=1S/C31H39N5O7/c1-18-13-36(19(2)16-37)29(38)12-23-11-24(32-31(39)33-30-20(3)34-43-21(30)4)7-9-25(23)42-28(18)15-35(5)14-22-6-8-26-27(10-22)41-17-40-26/h6-11,18-19,28,37H,12-17H2,1-5H3,(H2,32,33,39)/t18-,19+,28+/m0/s1. The highest BCUT2D eigenvalue weighted by Gasteiger charge is 2.31. The van der Waals surface area contributed by atoms with Gasteiger partial charge in [0.15, 0.2) is 17.3 Å². The Morgan fingerprint density at radius 1 is 1.14 bits per heavy atom. The third kappa shape index (κ3) is 7.03. The number of rotatable bonds is 8. The number of aromatic nitrogens is 1. The van der Waals surface area contributed by atoms with E-state index in [1.165, 1.54) is 0 Å². The number of hydrogen-bond donors (Lipinski definition) is 3. The lowest BCUT2D eigenvalue weighted by Crippen LogP contribution is -2.47. The van der Waals surface area contributed by atoms with Gasteiger partial charge in [0, 0.05) is 36.8 Å². The van der Waals surface area contributed by atoms with E-state index in [4.69, 9.17) is 18.7 Å². The van der Waals surface area contributed by atoms with Gasteiger partial charge < -0.3 is 39.4 Å². The van der Waals surface area contributed by atoms with Crippen molar-refractivity contribution in [2.24, 2.45) is 5.92 Å². The Morgan fingerprint density at radius 3 is 2.65 bits per heavy atom. The summed E-state index contributed by atoms with van der Waals surface area (Å²) in [7, 11) is 2.03. The summed E-state index contributed by atoms with van der Waals surface area (Å²) in [6.45, 7) is 9.12. The normalized spacial score (nSPS) is 18.8. The zero-order valence-electron chi connectivity index (χ0n) is 25.2. The third-order valence-corrected chi connectivity index (χ3v) is 7.83. The van der Waals surface area contributed by atoms with Gasteiger partial charge in [-0.3, -0.25) is 9.69 Å². The molecule has 3 N–H and O–H groups in total. The fraction of sp³-hybridized carbons (Fsp3) is 0.452. The molecule has 0 bridgehead atoms. The molecule has 0 radical (unpaired) electrons. The van der Waals surface area contributed by atoms with Crippen molar-refractivity contribution < 1.29 is 33.4 Å². The van der Waals surface area contributed by atoms with Crippen LogP contribution in [-0.2, 0) is 17.8 Å². The molecule has 12 heteroatoms. The van der Waals surface area contributed by atoms with Crippen LogP contribution in [0.15, 0.2) is 40.9 Å². The van der Waals surface area contributed by atoms with E-state index in [0.29, 0.717) is 53.8 Å². The predicted molar refractivity (Wildman–Crippen MR) is 160 cm³/mol. The molecule has 2 aromatic carbocycles. The molecule has 43 heavy (non-hydrogen) atoms. The van der Waals surface area contributed by atoms with Crippen LogP contribution in [0.3, 0.4) is 0 Å². The second kappa shape index (κ2) is 12.9. The number of nitrogens with one attached hydrogen (secondary N) is 2. The molecule has 3 heterocycles. The quantitative estimate of drug-likeness (QED) is 0.354. The summed E-state index contributed by atoms with van der Waals surface area (Å²) < 4.78 is 22.7. The minimum Gasteiger partial charge on any atom is -0.488 e. The first-order chi connectivity index (χ1) is 20.6. The Kier molecular flexibility index (Phi) is 9.07. The fourth-order valence-corrected chi connectivity index (χ4v) is 5.39. The number of hydrogen-bond acceptors (Lipinski definition) is 9. The Hall–Kier alpha value is -4.29. The Morgan fingerprint density at radius 2 is 1.91 bits per heavy atom. The molecule has 0 spiro atoms. The van der Waals surface area contributed by atoms with Crippen molar-refractivity contribution in [3.05, 3.63) is 59.0 Å². The summed E-state index contributed by atoms with van der Waals surface area (Å²) >= 11 is 0. The Labute approximate surface area is 250 Å². The molecule has 5 rings (SSSR count). The van der Waals surface area contributed by atoms with Gasteiger partial charge in [0.05, 0.1) is 19.1 Å². The monoisotopic (exact) mass is 593 g/mol. The fourth-order valence-electron chi connectivity index (χ4n) is 5.39. The van der Waals surface area contributed by atoms with Crippen LogP contribution in [0.2, 0.25) is 0 Å². The molecular weight excluding hydrogens is 554 g/mol. The van der Waals surface area contributed by atoms with Gasteiger partial charge in [0.1, 0.15) is 23.2 Å². The maximum atomic E-state index is 13.5. The second-order valence-corrected chi connectivity index (χ2v) is 11.4. The van der Waals surface area contributed by atoms with E-state index < -0.39 is 6.03 Å². The topological polar surface area (TPSA) is 139 Å². The molecule has 3 atom stereocenters. The zero-order chi connectivity index (χ0) is 30.7. The molecule has 0 aliphatic carbocycles. The number of aliphatic hydroxyl groups is 1. The summed E-state index contributed by atoms with van der Waals surface area (Å²) in [6, 6.07) is 10.4. The number of aryl methyl sites for hydroxylation is 2. The molecule has 2 aliphatic rings. The number of urea groups is 1. The van der Waals surface area contributed by atoms with E-state index in [2.05, 4.69) is 27.6 Å². The van der Waals surface area contributed by atoms with Crippen LogP contribution in [0.4, 0.5) is 16.2 Å². The van der Waals surface area contributed by atoms with Crippen molar-refractivity contribution in [2.75, 3.05) is 44.2 Å². The number of aliphatic hydroxyl groups excluding tert-OH is 1. The first-order valence-electron chi connectivity index (χ1n) is 14.4.